The summed E-state index contributed by atoms with van der Waals surface area (Å²) in [7, 11) is 0. The van der Waals surface area contributed by atoms with Crippen LogP contribution in [0.15, 0.2) is 18.2 Å². The molecule has 19 heavy (non-hydrogen) atoms. The molecule has 0 fully saturated rings. The lowest BCUT2D eigenvalue weighted by atomic mass is 10.0. The minimum absolute atomic E-state index is 0.672. The van der Waals surface area contributed by atoms with Gasteiger partial charge in [-0.05, 0) is 43.4 Å². The van der Waals surface area contributed by atoms with Crippen LogP contribution >= 0.6 is 0 Å². The molecule has 0 atom stereocenters. The van der Waals surface area contributed by atoms with Crippen molar-refractivity contribution < 1.29 is 0 Å². The van der Waals surface area contributed by atoms with Crippen molar-refractivity contribution in [1.29, 1.82) is 0 Å². The van der Waals surface area contributed by atoms with Gasteiger partial charge in [0.05, 0.1) is 0 Å². The van der Waals surface area contributed by atoms with Crippen LogP contribution in [0.25, 0.3) is 0 Å². The van der Waals surface area contributed by atoms with E-state index in [-0.39, 0.29) is 0 Å². The molecule has 1 aromatic carbocycles. The fraction of sp³-hybridized carbons (Fsp3) is 0.647. The van der Waals surface area contributed by atoms with E-state index in [0.717, 1.165) is 19.5 Å². The van der Waals surface area contributed by atoms with Gasteiger partial charge in [0.1, 0.15) is 0 Å². The van der Waals surface area contributed by atoms with Crippen LogP contribution in [0.5, 0.6) is 0 Å². The van der Waals surface area contributed by atoms with Crippen molar-refractivity contribution >= 4 is 5.69 Å². The summed E-state index contributed by atoms with van der Waals surface area (Å²) in [5, 5.41) is 0. The van der Waals surface area contributed by atoms with Crippen molar-refractivity contribution in [2.45, 2.75) is 41.0 Å². The molecule has 108 valence electrons. The molecule has 0 heterocycles. The molecule has 0 unspecified atom stereocenters. The van der Waals surface area contributed by atoms with E-state index in [9.17, 15) is 0 Å². The molecule has 2 N–H and O–H groups in total. The number of rotatable bonds is 7. The normalized spacial score (nSPS) is 11.4. The quantitative estimate of drug-likeness (QED) is 0.813. The average molecular weight is 262 g/mol. The maximum Gasteiger partial charge on any atom is 0.0399 e. The SMILES string of the molecule is Cc1ccc(N(CC(C)C)CC(C)C)c(CCN)c1. The molecule has 0 spiro atoms. The average Bonchev–Trinajstić information content (AvgIpc) is 2.27. The molecule has 0 bridgehead atoms. The zero-order valence-corrected chi connectivity index (χ0v) is 13.2. The van der Waals surface area contributed by atoms with Crippen LogP contribution in [0.3, 0.4) is 0 Å². The largest absolute Gasteiger partial charge is 0.371 e. The molecule has 0 amide bonds. The van der Waals surface area contributed by atoms with Crippen molar-refractivity contribution in [3.63, 3.8) is 0 Å². The number of aryl methyl sites for hydroxylation is 1. The third kappa shape index (κ3) is 5.23. The highest BCUT2D eigenvalue weighted by molar-refractivity contribution is 5.55. The highest BCUT2D eigenvalue weighted by atomic mass is 15.1. The van der Waals surface area contributed by atoms with Crippen molar-refractivity contribution in [2.75, 3.05) is 24.5 Å². The summed E-state index contributed by atoms with van der Waals surface area (Å²) in [5.41, 5.74) is 9.85. The Bertz CT molecular complexity index is 373. The number of hydrogen-bond donors (Lipinski definition) is 1. The first-order chi connectivity index (χ1) is 8.93. The summed E-state index contributed by atoms with van der Waals surface area (Å²) < 4.78 is 0. The van der Waals surface area contributed by atoms with Crippen molar-refractivity contribution in [3.05, 3.63) is 29.3 Å². The minimum atomic E-state index is 0.672. The van der Waals surface area contributed by atoms with Crippen molar-refractivity contribution in [3.8, 4) is 0 Å². The molecule has 0 saturated carbocycles. The van der Waals surface area contributed by atoms with Gasteiger partial charge in [0, 0.05) is 18.8 Å². The molecule has 0 aliphatic rings. The third-order valence-corrected chi connectivity index (χ3v) is 3.16. The van der Waals surface area contributed by atoms with E-state index in [1.807, 2.05) is 0 Å². The van der Waals surface area contributed by atoms with Crippen LogP contribution in [-0.2, 0) is 6.42 Å². The molecule has 0 aliphatic heterocycles. The maximum absolute atomic E-state index is 5.76. The lowest BCUT2D eigenvalue weighted by Gasteiger charge is -2.30. The molecule has 0 aliphatic carbocycles. The van der Waals surface area contributed by atoms with Crippen LogP contribution in [0.1, 0.15) is 38.8 Å². The second kappa shape index (κ2) is 7.54. The molecule has 1 rings (SSSR count). The first kappa shape index (κ1) is 16.0. The summed E-state index contributed by atoms with van der Waals surface area (Å²) in [6, 6.07) is 6.77. The van der Waals surface area contributed by atoms with E-state index in [2.05, 4.69) is 57.7 Å². The van der Waals surface area contributed by atoms with E-state index >= 15 is 0 Å². The predicted octanol–water partition coefficient (Wildman–Crippen LogP) is 3.61. The first-order valence-corrected chi connectivity index (χ1v) is 7.48. The van der Waals surface area contributed by atoms with E-state index in [4.69, 9.17) is 5.73 Å². The zero-order chi connectivity index (χ0) is 14.4. The topological polar surface area (TPSA) is 29.3 Å². The van der Waals surface area contributed by atoms with Gasteiger partial charge in [-0.25, -0.2) is 0 Å². The predicted molar refractivity (Wildman–Crippen MR) is 85.8 cm³/mol. The highest BCUT2D eigenvalue weighted by Crippen LogP contribution is 2.24. The van der Waals surface area contributed by atoms with Crippen LogP contribution < -0.4 is 10.6 Å². The van der Waals surface area contributed by atoms with E-state index in [1.54, 1.807) is 0 Å². The van der Waals surface area contributed by atoms with E-state index < -0.39 is 0 Å². The van der Waals surface area contributed by atoms with Gasteiger partial charge in [-0.3, -0.25) is 0 Å². The van der Waals surface area contributed by atoms with Crippen LogP contribution in [-0.4, -0.2) is 19.6 Å². The Morgan fingerprint density at radius 3 is 2.11 bits per heavy atom. The molecule has 0 radical (unpaired) electrons. The van der Waals surface area contributed by atoms with Crippen LogP contribution in [0, 0.1) is 18.8 Å². The molecule has 1 aromatic rings. The molecular formula is C17H30N2. The Labute approximate surface area is 119 Å². The van der Waals surface area contributed by atoms with Gasteiger partial charge in [0.15, 0.2) is 0 Å². The van der Waals surface area contributed by atoms with Crippen molar-refractivity contribution in [1.82, 2.24) is 0 Å². The number of nitrogens with zero attached hydrogens (tertiary/aromatic N) is 1. The summed E-state index contributed by atoms with van der Waals surface area (Å²) in [6.07, 6.45) is 0.962. The summed E-state index contributed by atoms with van der Waals surface area (Å²) in [4.78, 5) is 2.53. The summed E-state index contributed by atoms with van der Waals surface area (Å²) in [5.74, 6) is 1.34. The van der Waals surface area contributed by atoms with Crippen molar-refractivity contribution in [2.24, 2.45) is 17.6 Å². The van der Waals surface area contributed by atoms with E-state index in [0.29, 0.717) is 18.4 Å². The second-order valence-corrected chi connectivity index (χ2v) is 6.36. The lowest BCUT2D eigenvalue weighted by Crippen LogP contribution is -2.32. The summed E-state index contributed by atoms with van der Waals surface area (Å²) >= 11 is 0. The van der Waals surface area contributed by atoms with Gasteiger partial charge >= 0.3 is 0 Å². The number of anilines is 1. The van der Waals surface area contributed by atoms with Gasteiger partial charge < -0.3 is 10.6 Å². The minimum Gasteiger partial charge on any atom is -0.371 e. The van der Waals surface area contributed by atoms with Crippen LogP contribution in [0.4, 0.5) is 5.69 Å². The Kier molecular flexibility index (Phi) is 6.36. The molecule has 2 nitrogen and oxygen atoms in total. The van der Waals surface area contributed by atoms with Gasteiger partial charge in [0.2, 0.25) is 0 Å². The molecule has 2 heteroatoms. The first-order valence-electron chi connectivity index (χ1n) is 7.48. The van der Waals surface area contributed by atoms with Gasteiger partial charge in [0.25, 0.3) is 0 Å². The number of nitrogens with two attached hydrogens (primary N) is 1. The fourth-order valence-electron chi connectivity index (χ4n) is 2.53. The van der Waals surface area contributed by atoms with Gasteiger partial charge in [-0.2, -0.15) is 0 Å². The molecule has 0 saturated heterocycles. The Balaban J connectivity index is 3.05. The Morgan fingerprint density at radius 1 is 1.05 bits per heavy atom. The second-order valence-electron chi connectivity index (χ2n) is 6.36. The molecule has 0 aromatic heterocycles. The number of hydrogen-bond acceptors (Lipinski definition) is 2. The molecular weight excluding hydrogens is 232 g/mol. The van der Waals surface area contributed by atoms with Gasteiger partial charge in [-0.1, -0.05) is 45.4 Å². The standard InChI is InChI=1S/C17H30N2/c1-13(2)11-19(12-14(3)4)17-7-6-15(5)10-16(17)8-9-18/h6-7,10,13-14H,8-9,11-12,18H2,1-5H3. The Morgan fingerprint density at radius 2 is 1.63 bits per heavy atom. The van der Waals surface area contributed by atoms with Gasteiger partial charge in [-0.15, -0.1) is 0 Å². The zero-order valence-electron chi connectivity index (χ0n) is 13.2. The monoisotopic (exact) mass is 262 g/mol. The highest BCUT2D eigenvalue weighted by Gasteiger charge is 2.14. The lowest BCUT2D eigenvalue weighted by molar-refractivity contribution is 0.551. The maximum atomic E-state index is 5.76. The van der Waals surface area contributed by atoms with Crippen LogP contribution in [0.2, 0.25) is 0 Å². The summed E-state index contributed by atoms with van der Waals surface area (Å²) in [6.45, 7) is 14.2. The Hall–Kier alpha value is -1.02. The smallest absolute Gasteiger partial charge is 0.0399 e. The number of benzene rings is 1. The third-order valence-electron chi connectivity index (χ3n) is 3.16. The van der Waals surface area contributed by atoms with E-state index in [1.165, 1.54) is 16.8 Å². The fourth-order valence-corrected chi connectivity index (χ4v) is 2.53.